The van der Waals surface area contributed by atoms with Gasteiger partial charge in [-0.3, -0.25) is 9.59 Å². The molecule has 6 nitrogen and oxygen atoms in total. The molecule has 1 aliphatic rings. The Morgan fingerprint density at radius 3 is 2.53 bits per heavy atom. The summed E-state index contributed by atoms with van der Waals surface area (Å²) in [5.74, 6) is 0.611. The van der Waals surface area contributed by atoms with E-state index in [4.69, 9.17) is 21.1 Å². The molecule has 7 heteroatoms. The lowest BCUT2D eigenvalue weighted by molar-refractivity contribution is -0.120. The number of halogens is 1. The van der Waals surface area contributed by atoms with E-state index in [0.29, 0.717) is 41.8 Å². The van der Waals surface area contributed by atoms with Gasteiger partial charge in [-0.25, -0.2) is 0 Å². The number of hydrogen-bond acceptors (Lipinski definition) is 4. The van der Waals surface area contributed by atoms with Gasteiger partial charge < -0.3 is 19.7 Å². The molecule has 0 aromatic heterocycles. The topological polar surface area (TPSA) is 67.9 Å². The lowest BCUT2D eigenvalue weighted by atomic mass is 10.2. The van der Waals surface area contributed by atoms with Crippen LogP contribution in [0.4, 0.5) is 5.69 Å². The van der Waals surface area contributed by atoms with Gasteiger partial charge in [-0.1, -0.05) is 41.9 Å². The smallest absolute Gasteiger partial charge is 0.264 e. The molecule has 0 unspecified atom stereocenters. The third-order valence-electron chi connectivity index (χ3n) is 5.14. The van der Waals surface area contributed by atoms with Crippen molar-refractivity contribution in [1.29, 1.82) is 0 Å². The van der Waals surface area contributed by atoms with Gasteiger partial charge in [-0.05, 0) is 54.4 Å². The highest BCUT2D eigenvalue weighted by molar-refractivity contribution is 6.30. The number of rotatable bonds is 8. The quantitative estimate of drug-likeness (QED) is 0.524. The standard InChI is InChI=1S/C25H23ClN2O4/c26-19-9-11-20(12-10-19)31-16-14-27-25(30)21-6-2-4-8-23(21)32-17-24(29)28-15-13-18-5-1-3-7-22(18)28/h1-12H,13-17H2,(H,27,30). The van der Waals surface area contributed by atoms with Gasteiger partial charge in [0.1, 0.15) is 18.1 Å². The van der Waals surface area contributed by atoms with Crippen molar-refractivity contribution in [1.82, 2.24) is 5.32 Å². The van der Waals surface area contributed by atoms with E-state index >= 15 is 0 Å². The molecule has 32 heavy (non-hydrogen) atoms. The van der Waals surface area contributed by atoms with Crippen LogP contribution in [0.3, 0.4) is 0 Å². The van der Waals surface area contributed by atoms with Crippen LogP contribution in [-0.4, -0.2) is 38.1 Å². The summed E-state index contributed by atoms with van der Waals surface area (Å²) in [5, 5.41) is 3.45. The van der Waals surface area contributed by atoms with E-state index in [-0.39, 0.29) is 18.4 Å². The Kier molecular flexibility index (Phi) is 6.92. The first-order valence-electron chi connectivity index (χ1n) is 10.4. The molecule has 3 aromatic carbocycles. The summed E-state index contributed by atoms with van der Waals surface area (Å²) in [6.45, 7) is 1.12. The van der Waals surface area contributed by atoms with Crippen LogP contribution in [0.1, 0.15) is 15.9 Å². The summed E-state index contributed by atoms with van der Waals surface area (Å²) >= 11 is 5.85. The maximum Gasteiger partial charge on any atom is 0.264 e. The highest BCUT2D eigenvalue weighted by atomic mass is 35.5. The van der Waals surface area contributed by atoms with Crippen LogP contribution in [0.15, 0.2) is 72.8 Å². The van der Waals surface area contributed by atoms with Gasteiger partial charge in [0, 0.05) is 17.3 Å². The lowest BCUT2D eigenvalue weighted by Gasteiger charge is -2.18. The van der Waals surface area contributed by atoms with Crippen molar-refractivity contribution in [2.75, 3.05) is 31.2 Å². The van der Waals surface area contributed by atoms with Crippen LogP contribution in [0, 0.1) is 0 Å². The van der Waals surface area contributed by atoms with Crippen LogP contribution >= 0.6 is 11.6 Å². The Balaban J connectivity index is 1.30. The average Bonchev–Trinajstić information content (AvgIpc) is 3.26. The number of nitrogens with one attached hydrogen (secondary N) is 1. The molecule has 4 rings (SSSR count). The molecule has 0 spiro atoms. The summed E-state index contributed by atoms with van der Waals surface area (Å²) in [6.07, 6.45) is 0.832. The number of carbonyl (C=O) groups excluding carboxylic acids is 2. The minimum atomic E-state index is -0.292. The van der Waals surface area contributed by atoms with Crippen molar-refractivity contribution in [3.8, 4) is 11.5 Å². The van der Waals surface area contributed by atoms with Crippen molar-refractivity contribution in [2.45, 2.75) is 6.42 Å². The van der Waals surface area contributed by atoms with Crippen LogP contribution in [0.25, 0.3) is 0 Å². The van der Waals surface area contributed by atoms with E-state index in [1.807, 2.05) is 24.3 Å². The largest absolute Gasteiger partial charge is 0.492 e. The molecule has 0 bridgehead atoms. The predicted octanol–water partition coefficient (Wildman–Crippen LogP) is 4.12. The second-order valence-corrected chi connectivity index (χ2v) is 7.70. The molecule has 0 atom stereocenters. The second kappa shape index (κ2) is 10.2. The zero-order valence-corrected chi connectivity index (χ0v) is 18.2. The highest BCUT2D eigenvalue weighted by Gasteiger charge is 2.24. The molecule has 1 aliphatic heterocycles. The van der Waals surface area contributed by atoms with Crippen LogP contribution in [0.2, 0.25) is 5.02 Å². The summed E-state index contributed by atoms with van der Waals surface area (Å²) in [7, 11) is 0. The van der Waals surface area contributed by atoms with E-state index in [1.54, 1.807) is 53.4 Å². The molecule has 0 saturated carbocycles. The maximum atomic E-state index is 12.7. The molecule has 3 aromatic rings. The number of para-hydroxylation sites is 2. The first-order valence-corrected chi connectivity index (χ1v) is 10.8. The summed E-state index contributed by atoms with van der Waals surface area (Å²) < 4.78 is 11.3. The fourth-order valence-corrected chi connectivity index (χ4v) is 3.68. The monoisotopic (exact) mass is 450 g/mol. The maximum absolute atomic E-state index is 12.7. The molecule has 164 valence electrons. The Morgan fingerprint density at radius 2 is 1.69 bits per heavy atom. The first kappa shape index (κ1) is 21.7. The molecule has 0 saturated heterocycles. The fourth-order valence-electron chi connectivity index (χ4n) is 3.55. The van der Waals surface area contributed by atoms with Gasteiger partial charge in [0.2, 0.25) is 0 Å². The predicted molar refractivity (Wildman–Crippen MR) is 124 cm³/mol. The molecule has 0 fully saturated rings. The number of fused-ring (bicyclic) bond motifs is 1. The normalized spacial score (nSPS) is 12.2. The number of carbonyl (C=O) groups is 2. The van der Waals surface area contributed by atoms with Gasteiger partial charge in [-0.15, -0.1) is 0 Å². The molecule has 1 N–H and O–H groups in total. The minimum Gasteiger partial charge on any atom is -0.492 e. The van der Waals surface area contributed by atoms with Gasteiger partial charge in [0.25, 0.3) is 11.8 Å². The van der Waals surface area contributed by atoms with Gasteiger partial charge >= 0.3 is 0 Å². The third-order valence-corrected chi connectivity index (χ3v) is 5.39. The van der Waals surface area contributed by atoms with E-state index < -0.39 is 0 Å². The molecule has 0 radical (unpaired) electrons. The van der Waals surface area contributed by atoms with Crippen molar-refractivity contribution in [2.24, 2.45) is 0 Å². The number of hydrogen-bond donors (Lipinski definition) is 1. The summed E-state index contributed by atoms with van der Waals surface area (Å²) in [6, 6.07) is 21.7. The van der Waals surface area contributed by atoms with E-state index in [9.17, 15) is 9.59 Å². The number of anilines is 1. The summed E-state index contributed by atoms with van der Waals surface area (Å²) in [5.41, 5.74) is 2.45. The Morgan fingerprint density at radius 1 is 0.938 bits per heavy atom. The van der Waals surface area contributed by atoms with Crippen molar-refractivity contribution >= 4 is 29.1 Å². The number of nitrogens with zero attached hydrogens (tertiary/aromatic N) is 1. The Hall–Kier alpha value is -3.51. The van der Waals surface area contributed by atoms with Crippen molar-refractivity contribution in [3.63, 3.8) is 0 Å². The second-order valence-electron chi connectivity index (χ2n) is 7.27. The average molecular weight is 451 g/mol. The zero-order chi connectivity index (χ0) is 22.3. The van der Waals surface area contributed by atoms with Crippen molar-refractivity contribution < 1.29 is 19.1 Å². The zero-order valence-electron chi connectivity index (χ0n) is 17.4. The summed E-state index contributed by atoms with van der Waals surface area (Å²) in [4.78, 5) is 27.1. The van der Waals surface area contributed by atoms with E-state index in [0.717, 1.165) is 17.7 Å². The van der Waals surface area contributed by atoms with E-state index in [2.05, 4.69) is 5.32 Å². The highest BCUT2D eigenvalue weighted by Crippen LogP contribution is 2.27. The van der Waals surface area contributed by atoms with Crippen LogP contribution < -0.4 is 19.7 Å². The van der Waals surface area contributed by atoms with Crippen LogP contribution in [-0.2, 0) is 11.2 Å². The van der Waals surface area contributed by atoms with Crippen LogP contribution in [0.5, 0.6) is 11.5 Å². The lowest BCUT2D eigenvalue weighted by Crippen LogP contribution is -2.34. The first-order chi connectivity index (χ1) is 15.6. The van der Waals surface area contributed by atoms with Crippen molar-refractivity contribution in [3.05, 3.63) is 88.9 Å². The Labute approximate surface area is 191 Å². The number of benzene rings is 3. The molecular formula is C25H23ClN2O4. The molecule has 2 amide bonds. The molecule has 0 aliphatic carbocycles. The molecule has 1 heterocycles. The van der Waals surface area contributed by atoms with E-state index in [1.165, 1.54) is 0 Å². The fraction of sp³-hybridized carbons (Fsp3) is 0.200. The Bertz CT molecular complexity index is 1100. The van der Waals surface area contributed by atoms with Gasteiger partial charge in [0.05, 0.1) is 12.1 Å². The SMILES string of the molecule is O=C(NCCOc1ccc(Cl)cc1)c1ccccc1OCC(=O)N1CCc2ccccc21. The number of amides is 2. The third kappa shape index (κ3) is 5.21. The van der Waals surface area contributed by atoms with Gasteiger partial charge in [0.15, 0.2) is 6.61 Å². The molecular weight excluding hydrogens is 428 g/mol. The minimum absolute atomic E-state index is 0.137. The number of ether oxygens (including phenoxy) is 2. The van der Waals surface area contributed by atoms with Gasteiger partial charge in [-0.2, -0.15) is 0 Å².